The summed E-state index contributed by atoms with van der Waals surface area (Å²) in [6.07, 6.45) is 8.89. The van der Waals surface area contributed by atoms with Crippen molar-refractivity contribution in [3.8, 4) is 0 Å². The highest BCUT2D eigenvalue weighted by Crippen LogP contribution is 2.55. The van der Waals surface area contributed by atoms with Gasteiger partial charge < -0.3 is 27.2 Å². The van der Waals surface area contributed by atoms with E-state index in [4.69, 9.17) is 0 Å². The topological polar surface area (TPSA) is 40.5 Å². The second-order valence-corrected chi connectivity index (χ2v) is 14.5. The Bertz CT molecular complexity index is 1030. The zero-order chi connectivity index (χ0) is 26.2. The van der Waals surface area contributed by atoms with Crippen molar-refractivity contribution in [2.24, 2.45) is 5.92 Å². The number of benzene rings is 3. The summed E-state index contributed by atoms with van der Waals surface area (Å²) < 4.78 is 0. The van der Waals surface area contributed by atoms with Crippen molar-refractivity contribution in [3.05, 3.63) is 115 Å². The van der Waals surface area contributed by atoms with E-state index in [1.165, 1.54) is 21.5 Å². The van der Waals surface area contributed by atoms with Crippen molar-refractivity contribution >= 4 is 23.2 Å². The third kappa shape index (κ3) is 8.76. The van der Waals surface area contributed by atoms with E-state index in [1.807, 2.05) is 27.7 Å². The summed E-state index contributed by atoms with van der Waals surface area (Å²) in [6.45, 7) is 9.49. The number of halogens is 1. The van der Waals surface area contributed by atoms with Crippen LogP contribution < -0.4 is 32.9 Å². The summed E-state index contributed by atoms with van der Waals surface area (Å²) in [5.74, 6) is -0.0378. The van der Waals surface area contributed by atoms with Gasteiger partial charge in [0.15, 0.2) is 0 Å². The molecule has 3 aromatic rings. The monoisotopic (exact) mass is 580 g/mol. The molecule has 0 heterocycles. The predicted octanol–water partition coefficient (Wildman–Crippen LogP) is 3.43. The van der Waals surface area contributed by atoms with Crippen LogP contribution in [0.25, 0.3) is 0 Å². The first-order valence-electron chi connectivity index (χ1n) is 12.9. The first-order valence-corrected chi connectivity index (χ1v) is 14.8. The molecule has 3 aromatic carbocycles. The van der Waals surface area contributed by atoms with Gasteiger partial charge in [0.1, 0.15) is 23.2 Å². The number of rotatable bonds is 11. The third-order valence-corrected chi connectivity index (χ3v) is 11.1. The highest BCUT2D eigenvalue weighted by molar-refractivity contribution is 7.95. The van der Waals surface area contributed by atoms with Crippen LogP contribution >= 0.6 is 7.26 Å². The Labute approximate surface area is 235 Å². The van der Waals surface area contributed by atoms with E-state index in [9.17, 15) is 10.2 Å². The van der Waals surface area contributed by atoms with Gasteiger partial charge >= 0.3 is 0 Å². The molecule has 0 saturated carbocycles. The molecule has 3 rings (SSSR count). The maximum atomic E-state index is 10.7. The van der Waals surface area contributed by atoms with Gasteiger partial charge in [-0.25, -0.2) is 0 Å². The van der Waals surface area contributed by atoms with Gasteiger partial charge in [0.2, 0.25) is 0 Å². The SMILES string of the molecule is CC(/C=C/[C@H](CCC(C)(C)O)C(C)(C)O)=C\C[P+](c1ccccc1)(c1ccccc1)c1ccccc1.[Br-]. The average Bonchev–Trinajstić information content (AvgIpc) is 2.85. The maximum Gasteiger partial charge on any atom is 0.115 e. The summed E-state index contributed by atoms with van der Waals surface area (Å²) in [6, 6.07) is 32.7. The number of hydrogen-bond donors (Lipinski definition) is 2. The van der Waals surface area contributed by atoms with Gasteiger partial charge in [-0.1, -0.05) is 72.3 Å². The van der Waals surface area contributed by atoms with Gasteiger partial charge in [0.25, 0.3) is 0 Å². The van der Waals surface area contributed by atoms with Crippen LogP contribution in [0.15, 0.2) is 115 Å². The minimum atomic E-state index is -1.91. The Morgan fingerprint density at radius 1 is 0.757 bits per heavy atom. The van der Waals surface area contributed by atoms with Gasteiger partial charge in [-0.3, -0.25) is 0 Å². The third-order valence-electron chi connectivity index (χ3n) is 6.84. The Kier molecular flexibility index (Phi) is 11.5. The summed E-state index contributed by atoms with van der Waals surface area (Å²) in [5.41, 5.74) is -0.413. The molecule has 37 heavy (non-hydrogen) atoms. The van der Waals surface area contributed by atoms with E-state index in [-0.39, 0.29) is 22.9 Å². The van der Waals surface area contributed by atoms with Crippen molar-refractivity contribution < 1.29 is 27.2 Å². The molecule has 198 valence electrons. The van der Waals surface area contributed by atoms with Crippen LogP contribution in [0.5, 0.6) is 0 Å². The normalized spacial score (nSPS) is 13.9. The molecule has 0 aliphatic rings. The van der Waals surface area contributed by atoms with Gasteiger partial charge in [-0.15, -0.1) is 0 Å². The lowest BCUT2D eigenvalue weighted by molar-refractivity contribution is -0.0000771. The molecule has 0 saturated heterocycles. The molecule has 4 heteroatoms. The molecule has 0 aromatic heterocycles. The van der Waals surface area contributed by atoms with Gasteiger partial charge in [-0.2, -0.15) is 0 Å². The van der Waals surface area contributed by atoms with Crippen molar-refractivity contribution in [2.75, 3.05) is 6.16 Å². The summed E-state index contributed by atoms with van der Waals surface area (Å²) in [5, 5.41) is 25.1. The molecule has 2 nitrogen and oxygen atoms in total. The first kappa shape index (κ1) is 31.2. The van der Waals surface area contributed by atoms with Crippen LogP contribution in [0.3, 0.4) is 0 Å². The molecule has 0 fully saturated rings. The Morgan fingerprint density at radius 3 is 1.51 bits per heavy atom. The molecule has 0 spiro atoms. The second kappa shape index (κ2) is 13.7. The lowest BCUT2D eigenvalue weighted by atomic mass is 9.84. The molecule has 0 aliphatic carbocycles. The van der Waals surface area contributed by atoms with Crippen molar-refractivity contribution in [1.82, 2.24) is 0 Å². The van der Waals surface area contributed by atoms with E-state index >= 15 is 0 Å². The smallest absolute Gasteiger partial charge is 0.115 e. The molecular weight excluding hydrogens is 539 g/mol. The zero-order valence-corrected chi connectivity index (χ0v) is 25.3. The molecule has 1 atom stereocenters. The van der Waals surface area contributed by atoms with Crippen molar-refractivity contribution in [1.29, 1.82) is 0 Å². The molecule has 2 N–H and O–H groups in total. The lowest BCUT2D eigenvalue weighted by Gasteiger charge is -2.29. The largest absolute Gasteiger partial charge is 1.00 e. The molecule has 0 aliphatic heterocycles. The predicted molar refractivity (Wildman–Crippen MR) is 158 cm³/mol. The molecule has 0 radical (unpaired) electrons. The molecule has 0 bridgehead atoms. The van der Waals surface area contributed by atoms with E-state index < -0.39 is 18.5 Å². The van der Waals surface area contributed by atoms with E-state index in [0.29, 0.717) is 6.42 Å². The Hall–Kier alpha value is -2.03. The van der Waals surface area contributed by atoms with Gasteiger partial charge in [-0.05, 0) is 89.9 Å². The lowest BCUT2D eigenvalue weighted by Crippen LogP contribution is -3.00. The molecule has 0 amide bonds. The van der Waals surface area contributed by atoms with Crippen LogP contribution in [0.2, 0.25) is 0 Å². The number of hydrogen-bond acceptors (Lipinski definition) is 2. The van der Waals surface area contributed by atoms with E-state index in [1.54, 1.807) is 0 Å². The van der Waals surface area contributed by atoms with Crippen LogP contribution in [0.1, 0.15) is 47.5 Å². The number of allylic oxidation sites excluding steroid dienone is 3. The fourth-order valence-electron chi connectivity index (χ4n) is 4.62. The quantitative estimate of drug-likeness (QED) is 0.269. The minimum absolute atomic E-state index is 0. The zero-order valence-electron chi connectivity index (χ0n) is 22.8. The fraction of sp³-hybridized carbons (Fsp3) is 0.333. The molecule has 0 unspecified atom stereocenters. The first-order chi connectivity index (χ1) is 17.0. The highest BCUT2D eigenvalue weighted by atomic mass is 79.9. The highest BCUT2D eigenvalue weighted by Gasteiger charge is 2.44. The Morgan fingerprint density at radius 2 is 1.16 bits per heavy atom. The van der Waals surface area contributed by atoms with Crippen LogP contribution in [0.4, 0.5) is 0 Å². The summed E-state index contributed by atoms with van der Waals surface area (Å²) >= 11 is 0. The van der Waals surface area contributed by atoms with Gasteiger partial charge in [0.05, 0.1) is 17.4 Å². The summed E-state index contributed by atoms with van der Waals surface area (Å²) in [4.78, 5) is 0. The minimum Gasteiger partial charge on any atom is -1.00 e. The van der Waals surface area contributed by atoms with Crippen molar-refractivity contribution in [2.45, 2.75) is 58.7 Å². The maximum absolute atomic E-state index is 10.7. The Balaban J connectivity index is 0.00000481. The van der Waals surface area contributed by atoms with Gasteiger partial charge in [0, 0.05) is 5.92 Å². The fourth-order valence-corrected chi connectivity index (χ4v) is 8.75. The number of aliphatic hydroxyl groups is 2. The van der Waals surface area contributed by atoms with E-state index in [2.05, 4.69) is 116 Å². The summed E-state index contributed by atoms with van der Waals surface area (Å²) in [7, 11) is -1.91. The average molecular weight is 582 g/mol. The van der Waals surface area contributed by atoms with Crippen molar-refractivity contribution in [3.63, 3.8) is 0 Å². The standard InChI is InChI=1S/C33H42O2P.BrH/c1-27(21-22-28(33(4,5)35)23-25-32(2,3)34)24-26-36(29-15-9-6-10-16-29,30-17-11-7-12-18-30)31-19-13-8-14-20-31;/h6-22,24,28,34-35H,23,25-26H2,1-5H3;1H/q+1;/p-1/b22-21+,27-24+;/t28-;/m1./s1. The second-order valence-electron chi connectivity index (χ2n) is 10.9. The van der Waals surface area contributed by atoms with Crippen LogP contribution in [0, 0.1) is 5.92 Å². The van der Waals surface area contributed by atoms with E-state index in [0.717, 1.165) is 12.6 Å². The van der Waals surface area contributed by atoms with Crippen LogP contribution in [-0.2, 0) is 0 Å². The molecular formula is C33H42BrO2P. The van der Waals surface area contributed by atoms with Crippen LogP contribution in [-0.4, -0.2) is 27.6 Å².